The fourth-order valence-corrected chi connectivity index (χ4v) is 2.35. The Morgan fingerprint density at radius 2 is 2.11 bits per heavy atom. The Morgan fingerprint density at radius 1 is 1.42 bits per heavy atom. The SMILES string of the molecule is CC1(C)Cc2cc(C(=O)COS(C)(=O)=O)ccc2O1. The smallest absolute Gasteiger partial charge is 0.264 e. The molecule has 1 aliphatic heterocycles. The highest BCUT2D eigenvalue weighted by molar-refractivity contribution is 7.86. The van der Waals surface area contributed by atoms with E-state index in [1.165, 1.54) is 0 Å². The van der Waals surface area contributed by atoms with Gasteiger partial charge in [-0.2, -0.15) is 8.42 Å². The van der Waals surface area contributed by atoms with Crippen LogP contribution < -0.4 is 4.74 Å². The van der Waals surface area contributed by atoms with E-state index in [2.05, 4.69) is 4.18 Å². The van der Waals surface area contributed by atoms with E-state index in [0.717, 1.165) is 24.0 Å². The number of fused-ring (bicyclic) bond motifs is 1. The number of benzene rings is 1. The molecule has 0 aliphatic carbocycles. The van der Waals surface area contributed by atoms with Crippen molar-refractivity contribution in [2.75, 3.05) is 12.9 Å². The molecule has 1 aromatic rings. The van der Waals surface area contributed by atoms with Gasteiger partial charge in [0, 0.05) is 12.0 Å². The van der Waals surface area contributed by atoms with Crippen LogP contribution in [-0.4, -0.2) is 32.7 Å². The number of hydrogen-bond acceptors (Lipinski definition) is 5. The van der Waals surface area contributed by atoms with Crippen LogP contribution in [0.15, 0.2) is 18.2 Å². The first-order chi connectivity index (χ1) is 8.66. The fraction of sp³-hybridized carbons (Fsp3) is 0.462. The Balaban J connectivity index is 2.14. The van der Waals surface area contributed by atoms with Crippen LogP contribution in [0, 0.1) is 0 Å². The zero-order valence-electron chi connectivity index (χ0n) is 11.1. The number of carbonyl (C=O) groups is 1. The Hall–Kier alpha value is -1.40. The molecule has 0 fully saturated rings. The molecule has 6 heteroatoms. The topological polar surface area (TPSA) is 69.7 Å². The molecule has 1 aliphatic rings. The van der Waals surface area contributed by atoms with Gasteiger partial charge in [-0.3, -0.25) is 8.98 Å². The molecule has 0 bridgehead atoms. The van der Waals surface area contributed by atoms with Gasteiger partial charge in [0.25, 0.3) is 10.1 Å². The van der Waals surface area contributed by atoms with Crippen molar-refractivity contribution in [1.29, 1.82) is 0 Å². The van der Waals surface area contributed by atoms with Crippen molar-refractivity contribution in [2.24, 2.45) is 0 Å². The molecular formula is C13H16O5S. The van der Waals surface area contributed by atoms with Crippen molar-refractivity contribution in [3.8, 4) is 5.75 Å². The summed E-state index contributed by atoms with van der Waals surface area (Å²) in [6, 6.07) is 5.09. The van der Waals surface area contributed by atoms with E-state index in [1.807, 2.05) is 13.8 Å². The van der Waals surface area contributed by atoms with Crippen molar-refractivity contribution in [3.63, 3.8) is 0 Å². The van der Waals surface area contributed by atoms with E-state index >= 15 is 0 Å². The third-order valence-corrected chi connectivity index (χ3v) is 3.33. The Morgan fingerprint density at radius 3 is 2.74 bits per heavy atom. The lowest BCUT2D eigenvalue weighted by Gasteiger charge is -2.16. The molecule has 2 rings (SSSR count). The summed E-state index contributed by atoms with van der Waals surface area (Å²) < 4.78 is 31.9. The van der Waals surface area contributed by atoms with Gasteiger partial charge in [-0.05, 0) is 37.6 Å². The van der Waals surface area contributed by atoms with Gasteiger partial charge in [0.2, 0.25) is 0 Å². The summed E-state index contributed by atoms with van der Waals surface area (Å²) in [5.74, 6) is 0.406. The second-order valence-electron chi connectivity index (χ2n) is 5.25. The largest absolute Gasteiger partial charge is 0.487 e. The molecule has 0 saturated heterocycles. The van der Waals surface area contributed by atoms with E-state index in [1.54, 1.807) is 18.2 Å². The minimum atomic E-state index is -3.60. The first-order valence-corrected chi connectivity index (χ1v) is 7.67. The summed E-state index contributed by atoms with van der Waals surface area (Å²) in [7, 11) is -3.60. The fourth-order valence-electron chi connectivity index (χ4n) is 2.03. The van der Waals surface area contributed by atoms with Crippen LogP contribution in [-0.2, 0) is 20.7 Å². The van der Waals surface area contributed by atoms with Crippen molar-refractivity contribution < 1.29 is 22.1 Å². The molecule has 0 N–H and O–H groups in total. The van der Waals surface area contributed by atoms with Crippen molar-refractivity contribution in [2.45, 2.75) is 25.9 Å². The van der Waals surface area contributed by atoms with Crippen LogP contribution in [0.4, 0.5) is 0 Å². The van der Waals surface area contributed by atoms with Gasteiger partial charge in [0.05, 0.1) is 6.26 Å². The Kier molecular flexibility index (Phi) is 3.40. The molecule has 0 unspecified atom stereocenters. The minimum absolute atomic E-state index is 0.271. The van der Waals surface area contributed by atoms with Gasteiger partial charge in [-0.15, -0.1) is 0 Å². The standard InChI is InChI=1S/C13H16O5S/c1-13(2)7-10-6-9(4-5-12(10)18-13)11(14)8-17-19(3,15)16/h4-6H,7-8H2,1-3H3. The van der Waals surface area contributed by atoms with E-state index in [0.29, 0.717) is 5.56 Å². The highest BCUT2D eigenvalue weighted by Gasteiger charge is 2.30. The normalized spacial score (nSPS) is 16.8. The van der Waals surface area contributed by atoms with E-state index in [-0.39, 0.29) is 11.4 Å². The van der Waals surface area contributed by atoms with Crippen LogP contribution in [0.2, 0.25) is 0 Å². The molecule has 0 radical (unpaired) electrons. The maximum absolute atomic E-state index is 11.8. The van der Waals surface area contributed by atoms with Gasteiger partial charge in [-0.25, -0.2) is 0 Å². The third kappa shape index (κ3) is 3.54. The number of ether oxygens (including phenoxy) is 1. The summed E-state index contributed by atoms with van der Waals surface area (Å²) >= 11 is 0. The predicted molar refractivity (Wildman–Crippen MR) is 70.0 cm³/mol. The lowest BCUT2D eigenvalue weighted by Crippen LogP contribution is -2.24. The highest BCUT2D eigenvalue weighted by Crippen LogP contribution is 2.35. The van der Waals surface area contributed by atoms with Gasteiger partial charge < -0.3 is 4.74 Å². The summed E-state index contributed by atoms with van der Waals surface area (Å²) in [6.45, 7) is 3.48. The molecule has 5 nitrogen and oxygen atoms in total. The van der Waals surface area contributed by atoms with Crippen LogP contribution in [0.1, 0.15) is 29.8 Å². The van der Waals surface area contributed by atoms with Crippen molar-refractivity contribution in [3.05, 3.63) is 29.3 Å². The maximum atomic E-state index is 11.8. The maximum Gasteiger partial charge on any atom is 0.264 e. The highest BCUT2D eigenvalue weighted by atomic mass is 32.2. The molecule has 0 spiro atoms. The summed E-state index contributed by atoms with van der Waals surface area (Å²) in [5.41, 5.74) is 1.12. The predicted octanol–water partition coefficient (Wildman–Crippen LogP) is 1.56. The number of ketones is 1. The lowest BCUT2D eigenvalue weighted by molar-refractivity contribution is 0.0925. The number of Topliss-reactive ketones (excluding diaryl/α,β-unsaturated/α-hetero) is 1. The van der Waals surface area contributed by atoms with Crippen molar-refractivity contribution in [1.82, 2.24) is 0 Å². The van der Waals surface area contributed by atoms with Gasteiger partial charge in [0.15, 0.2) is 5.78 Å². The van der Waals surface area contributed by atoms with E-state index in [4.69, 9.17) is 4.74 Å². The van der Waals surface area contributed by atoms with Crippen LogP contribution in [0.5, 0.6) is 5.75 Å². The molecule has 1 aromatic carbocycles. The number of hydrogen-bond donors (Lipinski definition) is 0. The van der Waals surface area contributed by atoms with Crippen LogP contribution in [0.25, 0.3) is 0 Å². The number of rotatable bonds is 4. The third-order valence-electron chi connectivity index (χ3n) is 2.79. The summed E-state index contributed by atoms with van der Waals surface area (Å²) in [4.78, 5) is 11.8. The van der Waals surface area contributed by atoms with Gasteiger partial charge in [-0.1, -0.05) is 0 Å². The second-order valence-corrected chi connectivity index (χ2v) is 6.89. The number of carbonyl (C=O) groups excluding carboxylic acids is 1. The molecule has 0 saturated carbocycles. The Labute approximate surface area is 112 Å². The van der Waals surface area contributed by atoms with E-state index in [9.17, 15) is 13.2 Å². The average molecular weight is 284 g/mol. The second kappa shape index (κ2) is 4.61. The quantitative estimate of drug-likeness (QED) is 0.620. The molecule has 0 atom stereocenters. The Bertz CT molecular complexity index is 616. The van der Waals surface area contributed by atoms with Crippen LogP contribution in [0.3, 0.4) is 0 Å². The lowest BCUT2D eigenvalue weighted by atomic mass is 9.99. The summed E-state index contributed by atoms with van der Waals surface area (Å²) in [5, 5.41) is 0. The molecule has 19 heavy (non-hydrogen) atoms. The van der Waals surface area contributed by atoms with E-state index < -0.39 is 16.7 Å². The average Bonchev–Trinajstić information content (AvgIpc) is 2.57. The zero-order chi connectivity index (χ0) is 14.3. The molecule has 104 valence electrons. The summed E-state index contributed by atoms with van der Waals surface area (Å²) in [6.07, 6.45) is 1.63. The first kappa shape index (κ1) is 14.0. The van der Waals surface area contributed by atoms with Crippen LogP contribution >= 0.6 is 0 Å². The zero-order valence-corrected chi connectivity index (χ0v) is 11.9. The molecule has 0 amide bonds. The molecule has 0 aromatic heterocycles. The monoisotopic (exact) mass is 284 g/mol. The van der Waals surface area contributed by atoms with Gasteiger partial charge in [0.1, 0.15) is 18.0 Å². The minimum Gasteiger partial charge on any atom is -0.487 e. The molecular weight excluding hydrogens is 268 g/mol. The van der Waals surface area contributed by atoms with Gasteiger partial charge >= 0.3 is 0 Å². The molecule has 1 heterocycles. The van der Waals surface area contributed by atoms with Crippen molar-refractivity contribution >= 4 is 15.9 Å². The first-order valence-electron chi connectivity index (χ1n) is 5.86.